The Morgan fingerprint density at radius 2 is 1.96 bits per heavy atom. The van der Waals surface area contributed by atoms with Crippen molar-refractivity contribution in [3.63, 3.8) is 0 Å². The van der Waals surface area contributed by atoms with Crippen LogP contribution in [0.4, 0.5) is 0 Å². The summed E-state index contributed by atoms with van der Waals surface area (Å²) in [6.45, 7) is 2.66. The van der Waals surface area contributed by atoms with Crippen LogP contribution in [0.15, 0.2) is 42.6 Å². The smallest absolute Gasteiger partial charge is 0.233 e. The number of pyridine rings is 1. The van der Waals surface area contributed by atoms with Crippen molar-refractivity contribution in [2.45, 2.75) is 31.4 Å². The Bertz CT molecular complexity index is 702. The molecule has 2 rings (SSSR count). The molecular weight excluding hydrogens is 348 g/mol. The Morgan fingerprint density at radius 3 is 2.54 bits per heavy atom. The number of amides is 1. The first-order valence-corrected chi connectivity index (χ1v) is 9.56. The van der Waals surface area contributed by atoms with Crippen LogP contribution in [0.1, 0.15) is 23.7 Å². The number of nitrogens with one attached hydrogen (secondary N) is 1. The van der Waals surface area contributed by atoms with Gasteiger partial charge in [0.2, 0.25) is 5.91 Å². The number of aryl methyl sites for hydroxylation is 1. The van der Waals surface area contributed by atoms with E-state index in [2.05, 4.69) is 23.3 Å². The van der Waals surface area contributed by atoms with Gasteiger partial charge >= 0.3 is 0 Å². The average molecular weight is 372 g/mol. The number of hydrogen-bond donors (Lipinski definition) is 1. The van der Waals surface area contributed by atoms with E-state index in [1.54, 1.807) is 7.05 Å². The second-order valence-corrected chi connectivity index (χ2v) is 6.83. The molecule has 26 heavy (non-hydrogen) atoms. The van der Waals surface area contributed by atoms with Gasteiger partial charge in [-0.05, 0) is 42.2 Å². The lowest BCUT2D eigenvalue weighted by Crippen LogP contribution is -2.31. The molecule has 1 unspecified atom stereocenters. The summed E-state index contributed by atoms with van der Waals surface area (Å²) < 4.78 is 5.76. The summed E-state index contributed by atoms with van der Waals surface area (Å²) in [6.07, 6.45) is 4.14. The van der Waals surface area contributed by atoms with Crippen molar-refractivity contribution in [3.05, 3.63) is 59.4 Å². The Balaban J connectivity index is 1.84. The molecule has 6 heteroatoms. The summed E-state index contributed by atoms with van der Waals surface area (Å²) in [5, 5.41) is 2.17. The maximum atomic E-state index is 11.8. The third-order valence-electron chi connectivity index (χ3n) is 4.02. The standard InChI is InChI=1S/C20H24N2O3S/c1-3-15-4-7-17(22-13-15)10-11-25-18-8-5-16(6-9-18)12-19(26-14-23)20(24)21-2/h4-9,13-14,19H,3,10-12H2,1-2H3,(H,21,24). The minimum atomic E-state index is -0.415. The van der Waals surface area contributed by atoms with Gasteiger partial charge in [-0.2, -0.15) is 0 Å². The summed E-state index contributed by atoms with van der Waals surface area (Å²) in [7, 11) is 1.57. The van der Waals surface area contributed by atoms with Gasteiger partial charge in [0.1, 0.15) is 5.75 Å². The van der Waals surface area contributed by atoms with Gasteiger partial charge in [-0.15, -0.1) is 0 Å². The van der Waals surface area contributed by atoms with Gasteiger partial charge in [-0.1, -0.05) is 36.9 Å². The van der Waals surface area contributed by atoms with E-state index in [0.717, 1.165) is 41.6 Å². The Labute approximate surface area is 158 Å². The van der Waals surface area contributed by atoms with Crippen LogP contribution in [0, 0.1) is 0 Å². The highest BCUT2D eigenvalue weighted by molar-refractivity contribution is 8.13. The van der Waals surface area contributed by atoms with Gasteiger partial charge in [0, 0.05) is 25.4 Å². The first-order valence-electron chi connectivity index (χ1n) is 8.62. The molecule has 1 N–H and O–H groups in total. The molecule has 0 bridgehead atoms. The summed E-state index contributed by atoms with van der Waals surface area (Å²) >= 11 is 0.991. The summed E-state index contributed by atoms with van der Waals surface area (Å²) in [5.41, 5.74) is 3.93. The third-order valence-corrected chi connectivity index (χ3v) is 4.84. The van der Waals surface area contributed by atoms with Crippen LogP contribution in [0.3, 0.4) is 0 Å². The normalized spacial score (nSPS) is 11.6. The van der Waals surface area contributed by atoms with E-state index >= 15 is 0 Å². The number of thioether (sulfide) groups is 1. The van der Waals surface area contributed by atoms with Crippen molar-refractivity contribution >= 4 is 23.3 Å². The predicted molar refractivity (Wildman–Crippen MR) is 105 cm³/mol. The van der Waals surface area contributed by atoms with E-state index in [1.165, 1.54) is 5.56 Å². The lowest BCUT2D eigenvalue weighted by molar-refractivity contribution is -0.120. The van der Waals surface area contributed by atoms with Crippen molar-refractivity contribution in [2.24, 2.45) is 0 Å². The molecule has 0 aliphatic rings. The number of nitrogens with zero attached hydrogens (tertiary/aromatic N) is 1. The molecule has 0 saturated heterocycles. The third kappa shape index (κ3) is 6.19. The summed E-state index contributed by atoms with van der Waals surface area (Å²) in [4.78, 5) is 26.9. The molecule has 0 radical (unpaired) electrons. The highest BCUT2D eigenvalue weighted by Gasteiger charge is 2.18. The van der Waals surface area contributed by atoms with Crippen LogP contribution >= 0.6 is 11.8 Å². The Morgan fingerprint density at radius 1 is 1.23 bits per heavy atom. The fraction of sp³-hybridized carbons (Fsp3) is 0.350. The highest BCUT2D eigenvalue weighted by Crippen LogP contribution is 2.18. The fourth-order valence-electron chi connectivity index (χ4n) is 2.45. The number of hydrogen-bond acceptors (Lipinski definition) is 5. The molecule has 0 saturated carbocycles. The van der Waals surface area contributed by atoms with E-state index in [-0.39, 0.29) is 5.91 Å². The predicted octanol–water partition coefficient (Wildman–Crippen LogP) is 2.85. The molecule has 0 aliphatic carbocycles. The number of carbonyl (C=O) groups excluding carboxylic acids is 2. The number of benzene rings is 1. The maximum Gasteiger partial charge on any atom is 0.233 e. The number of rotatable bonds is 10. The van der Waals surface area contributed by atoms with Crippen LogP contribution in [-0.2, 0) is 28.9 Å². The second kappa shape index (κ2) is 10.6. The van der Waals surface area contributed by atoms with Gasteiger partial charge in [0.15, 0.2) is 5.62 Å². The van der Waals surface area contributed by atoms with Gasteiger partial charge in [-0.25, -0.2) is 0 Å². The molecule has 1 atom stereocenters. The van der Waals surface area contributed by atoms with E-state index in [1.807, 2.05) is 36.5 Å². The molecular formula is C20H24N2O3S. The molecule has 1 aromatic heterocycles. The van der Waals surface area contributed by atoms with E-state index in [4.69, 9.17) is 4.74 Å². The first-order chi connectivity index (χ1) is 12.7. The van der Waals surface area contributed by atoms with E-state index in [9.17, 15) is 9.59 Å². The fourth-order valence-corrected chi connectivity index (χ4v) is 3.12. The van der Waals surface area contributed by atoms with Crippen LogP contribution < -0.4 is 10.1 Å². The van der Waals surface area contributed by atoms with Crippen molar-refractivity contribution in [1.82, 2.24) is 10.3 Å². The summed E-state index contributed by atoms with van der Waals surface area (Å²) in [5.74, 6) is 0.627. The molecule has 5 nitrogen and oxygen atoms in total. The largest absolute Gasteiger partial charge is 0.493 e. The van der Waals surface area contributed by atoms with Gasteiger partial charge < -0.3 is 10.1 Å². The molecule has 1 heterocycles. The summed E-state index contributed by atoms with van der Waals surface area (Å²) in [6, 6.07) is 11.7. The zero-order valence-corrected chi connectivity index (χ0v) is 15.9. The van der Waals surface area contributed by atoms with Crippen molar-refractivity contribution in [2.75, 3.05) is 13.7 Å². The van der Waals surface area contributed by atoms with Crippen molar-refractivity contribution in [1.29, 1.82) is 0 Å². The molecule has 138 valence electrons. The zero-order chi connectivity index (χ0) is 18.8. The molecule has 0 aliphatic heterocycles. The quantitative estimate of drug-likeness (QED) is 0.650. The molecule has 2 aromatic rings. The van der Waals surface area contributed by atoms with Crippen molar-refractivity contribution in [3.8, 4) is 5.75 Å². The average Bonchev–Trinajstić information content (AvgIpc) is 2.69. The SMILES string of the molecule is CCc1ccc(CCOc2ccc(CC(SC=O)C(=O)NC)cc2)nc1. The number of ether oxygens (including phenoxy) is 1. The maximum absolute atomic E-state index is 11.8. The molecule has 0 spiro atoms. The van der Waals surface area contributed by atoms with E-state index < -0.39 is 5.25 Å². The van der Waals surface area contributed by atoms with Crippen LogP contribution in [-0.4, -0.2) is 35.4 Å². The van der Waals surface area contributed by atoms with E-state index in [0.29, 0.717) is 18.6 Å². The minimum Gasteiger partial charge on any atom is -0.493 e. The highest BCUT2D eigenvalue weighted by atomic mass is 32.2. The lowest BCUT2D eigenvalue weighted by atomic mass is 10.1. The Kier molecular flexibility index (Phi) is 8.15. The van der Waals surface area contributed by atoms with Crippen LogP contribution in [0.25, 0.3) is 0 Å². The van der Waals surface area contributed by atoms with Gasteiger partial charge in [0.25, 0.3) is 0 Å². The molecule has 1 aromatic carbocycles. The number of carbonyl (C=O) groups is 2. The Hall–Kier alpha value is -2.34. The van der Waals surface area contributed by atoms with Crippen LogP contribution in [0.5, 0.6) is 5.75 Å². The number of aromatic nitrogens is 1. The lowest BCUT2D eigenvalue weighted by Gasteiger charge is -2.12. The zero-order valence-electron chi connectivity index (χ0n) is 15.1. The molecule has 1 amide bonds. The topological polar surface area (TPSA) is 68.3 Å². The monoisotopic (exact) mass is 372 g/mol. The minimum absolute atomic E-state index is 0.149. The first kappa shape index (κ1) is 20.0. The second-order valence-electron chi connectivity index (χ2n) is 5.79. The van der Waals surface area contributed by atoms with Gasteiger partial charge in [0.05, 0.1) is 11.9 Å². The molecule has 0 fully saturated rings. The van der Waals surface area contributed by atoms with Crippen LogP contribution in [0.2, 0.25) is 0 Å². The van der Waals surface area contributed by atoms with Gasteiger partial charge in [-0.3, -0.25) is 14.6 Å². The van der Waals surface area contributed by atoms with Crippen molar-refractivity contribution < 1.29 is 14.3 Å².